The van der Waals surface area contributed by atoms with Gasteiger partial charge in [0.25, 0.3) is 5.91 Å². The van der Waals surface area contributed by atoms with E-state index in [1.807, 2.05) is 6.92 Å². The Morgan fingerprint density at radius 1 is 1.43 bits per heavy atom. The molecule has 0 bridgehead atoms. The van der Waals surface area contributed by atoms with Gasteiger partial charge in [-0.1, -0.05) is 24.2 Å². The van der Waals surface area contributed by atoms with Crippen molar-refractivity contribution in [2.24, 2.45) is 0 Å². The Labute approximate surface area is 122 Å². The molecule has 1 aromatic carbocycles. The van der Waals surface area contributed by atoms with Crippen LogP contribution in [0.15, 0.2) is 34.9 Å². The number of carbonyl (C=O) groups excluding carboxylic acids is 1. The molecular weight excluding hydrogens is 271 g/mol. The SMILES string of the molecule is CCC(NC(=O)c1cc(C2CC2)on1)c1ccc(F)cc1. The fourth-order valence-electron chi connectivity index (χ4n) is 2.30. The molecule has 0 radical (unpaired) electrons. The van der Waals surface area contributed by atoms with Gasteiger partial charge >= 0.3 is 0 Å². The number of hydrogen-bond acceptors (Lipinski definition) is 3. The molecule has 1 fully saturated rings. The van der Waals surface area contributed by atoms with Crippen molar-refractivity contribution in [2.45, 2.75) is 38.1 Å². The van der Waals surface area contributed by atoms with E-state index in [1.165, 1.54) is 12.1 Å². The number of rotatable bonds is 5. The molecule has 4 nitrogen and oxygen atoms in total. The van der Waals surface area contributed by atoms with Crippen LogP contribution in [0.25, 0.3) is 0 Å². The molecule has 1 aliphatic carbocycles. The molecule has 0 saturated heterocycles. The minimum absolute atomic E-state index is 0.167. The minimum atomic E-state index is -0.287. The number of hydrogen-bond donors (Lipinski definition) is 1. The first-order valence-electron chi connectivity index (χ1n) is 7.20. The zero-order valence-electron chi connectivity index (χ0n) is 11.8. The van der Waals surface area contributed by atoms with Crippen molar-refractivity contribution in [3.8, 4) is 0 Å². The molecule has 21 heavy (non-hydrogen) atoms. The molecular formula is C16H17FN2O2. The van der Waals surface area contributed by atoms with Crippen LogP contribution in [0.4, 0.5) is 4.39 Å². The summed E-state index contributed by atoms with van der Waals surface area (Å²) in [5.74, 6) is 0.667. The number of amides is 1. The smallest absolute Gasteiger partial charge is 0.273 e. The Hall–Kier alpha value is -2.17. The number of halogens is 1. The molecule has 1 unspecified atom stereocenters. The third kappa shape index (κ3) is 3.12. The largest absolute Gasteiger partial charge is 0.360 e. The summed E-state index contributed by atoms with van der Waals surface area (Å²) in [5.41, 5.74) is 1.18. The summed E-state index contributed by atoms with van der Waals surface area (Å²) in [6.07, 6.45) is 2.91. The van der Waals surface area contributed by atoms with Crippen LogP contribution in [-0.2, 0) is 0 Å². The average molecular weight is 288 g/mol. The van der Waals surface area contributed by atoms with Gasteiger partial charge in [-0.15, -0.1) is 0 Å². The van der Waals surface area contributed by atoms with Gasteiger partial charge in [-0.05, 0) is 37.0 Å². The first-order chi connectivity index (χ1) is 10.2. The standard InChI is InChI=1S/C16H17FN2O2/c1-2-13(10-5-7-12(17)8-6-10)18-16(20)14-9-15(21-19-14)11-3-4-11/h5-9,11,13H,2-4H2,1H3,(H,18,20). The maximum Gasteiger partial charge on any atom is 0.273 e. The van der Waals surface area contributed by atoms with Crippen LogP contribution in [0.1, 0.15) is 60.0 Å². The van der Waals surface area contributed by atoms with Gasteiger partial charge in [-0.3, -0.25) is 4.79 Å². The van der Waals surface area contributed by atoms with E-state index in [9.17, 15) is 9.18 Å². The van der Waals surface area contributed by atoms with Gasteiger partial charge in [-0.2, -0.15) is 0 Å². The molecule has 1 aliphatic rings. The summed E-state index contributed by atoms with van der Waals surface area (Å²) in [6, 6.07) is 7.70. The fraction of sp³-hybridized carbons (Fsp3) is 0.375. The maximum atomic E-state index is 13.0. The van der Waals surface area contributed by atoms with Crippen LogP contribution in [0, 0.1) is 5.82 Å². The average Bonchev–Trinajstić information content (AvgIpc) is 3.23. The van der Waals surface area contributed by atoms with Crippen molar-refractivity contribution in [1.29, 1.82) is 0 Å². The number of nitrogens with zero attached hydrogens (tertiary/aromatic N) is 1. The van der Waals surface area contributed by atoms with Crippen molar-refractivity contribution in [1.82, 2.24) is 10.5 Å². The molecule has 1 heterocycles. The van der Waals surface area contributed by atoms with Crippen LogP contribution >= 0.6 is 0 Å². The first kappa shape index (κ1) is 13.8. The predicted octanol–water partition coefficient (Wildman–Crippen LogP) is 3.57. The molecule has 1 N–H and O–H groups in total. The highest BCUT2D eigenvalue weighted by Crippen LogP contribution is 2.40. The van der Waals surface area contributed by atoms with Gasteiger partial charge < -0.3 is 9.84 Å². The highest BCUT2D eigenvalue weighted by atomic mass is 19.1. The van der Waals surface area contributed by atoms with Crippen LogP contribution in [-0.4, -0.2) is 11.1 Å². The lowest BCUT2D eigenvalue weighted by molar-refractivity contribution is 0.0926. The summed E-state index contributed by atoms with van der Waals surface area (Å²) in [5, 5.41) is 6.73. The van der Waals surface area contributed by atoms with Gasteiger partial charge in [0.15, 0.2) is 5.69 Å². The van der Waals surface area contributed by atoms with Crippen LogP contribution < -0.4 is 5.32 Å². The monoisotopic (exact) mass is 288 g/mol. The van der Waals surface area contributed by atoms with Crippen molar-refractivity contribution in [3.05, 3.63) is 53.2 Å². The summed E-state index contributed by atoms with van der Waals surface area (Å²) >= 11 is 0. The van der Waals surface area contributed by atoms with Crippen molar-refractivity contribution >= 4 is 5.91 Å². The topological polar surface area (TPSA) is 55.1 Å². The second-order valence-electron chi connectivity index (χ2n) is 5.37. The lowest BCUT2D eigenvalue weighted by Crippen LogP contribution is -2.28. The van der Waals surface area contributed by atoms with Crippen molar-refractivity contribution < 1.29 is 13.7 Å². The summed E-state index contributed by atoms with van der Waals surface area (Å²) in [7, 11) is 0. The predicted molar refractivity (Wildman–Crippen MR) is 75.4 cm³/mol. The van der Waals surface area contributed by atoms with Crippen LogP contribution in [0.5, 0.6) is 0 Å². The van der Waals surface area contributed by atoms with Gasteiger partial charge in [0.05, 0.1) is 6.04 Å². The number of aromatic nitrogens is 1. The molecule has 1 saturated carbocycles. The second-order valence-corrected chi connectivity index (χ2v) is 5.37. The van der Waals surface area contributed by atoms with E-state index >= 15 is 0 Å². The molecule has 2 aromatic rings. The Kier molecular flexibility index (Phi) is 3.73. The van der Waals surface area contributed by atoms with E-state index in [4.69, 9.17) is 4.52 Å². The van der Waals surface area contributed by atoms with Gasteiger partial charge in [0, 0.05) is 12.0 Å². The number of carbonyl (C=O) groups is 1. The summed E-state index contributed by atoms with van der Waals surface area (Å²) < 4.78 is 18.1. The van der Waals surface area contributed by atoms with E-state index < -0.39 is 0 Å². The molecule has 3 rings (SSSR count). The molecule has 1 aromatic heterocycles. The fourth-order valence-corrected chi connectivity index (χ4v) is 2.30. The molecule has 5 heteroatoms. The second kappa shape index (κ2) is 5.68. The lowest BCUT2D eigenvalue weighted by atomic mass is 10.0. The van der Waals surface area contributed by atoms with E-state index in [-0.39, 0.29) is 17.8 Å². The normalized spacial score (nSPS) is 15.7. The highest BCUT2D eigenvalue weighted by Gasteiger charge is 2.29. The first-order valence-corrected chi connectivity index (χ1v) is 7.20. The van der Waals surface area contributed by atoms with Crippen LogP contribution in [0.3, 0.4) is 0 Å². The molecule has 110 valence electrons. The van der Waals surface area contributed by atoms with Crippen LogP contribution in [0.2, 0.25) is 0 Å². The third-order valence-electron chi connectivity index (χ3n) is 3.73. The number of benzene rings is 1. The molecule has 1 atom stereocenters. The van der Waals surface area contributed by atoms with Crippen molar-refractivity contribution in [2.75, 3.05) is 0 Å². The lowest BCUT2D eigenvalue weighted by Gasteiger charge is -2.16. The summed E-state index contributed by atoms with van der Waals surface area (Å²) in [4.78, 5) is 12.2. The Morgan fingerprint density at radius 3 is 2.76 bits per heavy atom. The van der Waals surface area contributed by atoms with Crippen molar-refractivity contribution in [3.63, 3.8) is 0 Å². The van der Waals surface area contributed by atoms with E-state index in [1.54, 1.807) is 18.2 Å². The highest BCUT2D eigenvalue weighted by molar-refractivity contribution is 5.92. The molecule has 0 spiro atoms. The van der Waals surface area contributed by atoms with E-state index in [0.717, 1.165) is 24.2 Å². The number of nitrogens with one attached hydrogen (secondary N) is 1. The zero-order valence-corrected chi connectivity index (χ0v) is 11.8. The molecule has 1 amide bonds. The van der Waals surface area contributed by atoms with E-state index in [0.29, 0.717) is 18.0 Å². The van der Waals surface area contributed by atoms with Gasteiger partial charge in [0.1, 0.15) is 11.6 Å². The summed E-state index contributed by atoms with van der Waals surface area (Å²) in [6.45, 7) is 1.97. The quantitative estimate of drug-likeness (QED) is 0.915. The third-order valence-corrected chi connectivity index (χ3v) is 3.73. The Morgan fingerprint density at radius 2 is 2.14 bits per heavy atom. The molecule has 0 aliphatic heterocycles. The van der Waals surface area contributed by atoms with Gasteiger partial charge in [0.2, 0.25) is 0 Å². The van der Waals surface area contributed by atoms with E-state index in [2.05, 4.69) is 10.5 Å². The van der Waals surface area contributed by atoms with Gasteiger partial charge in [-0.25, -0.2) is 4.39 Å². The Bertz CT molecular complexity index is 632. The zero-order chi connectivity index (χ0) is 14.8. The Balaban J connectivity index is 1.70. The minimum Gasteiger partial charge on any atom is -0.360 e. The maximum absolute atomic E-state index is 13.0.